The Balaban J connectivity index is 1.70. The lowest BCUT2D eigenvalue weighted by molar-refractivity contribution is 0.0811. The number of fused-ring (bicyclic) bond motifs is 1. The summed E-state index contributed by atoms with van der Waals surface area (Å²) in [7, 11) is 0. The van der Waals surface area contributed by atoms with Crippen molar-refractivity contribution in [1.29, 1.82) is 0 Å². The number of nitrogens with one attached hydrogen (secondary N) is 1. The average molecular weight is 288 g/mol. The van der Waals surface area contributed by atoms with Crippen molar-refractivity contribution < 1.29 is 9.90 Å². The van der Waals surface area contributed by atoms with Crippen molar-refractivity contribution in [2.24, 2.45) is 5.92 Å². The van der Waals surface area contributed by atoms with Crippen molar-refractivity contribution in [2.45, 2.75) is 45.1 Å². The summed E-state index contributed by atoms with van der Waals surface area (Å²) in [6, 6.07) is 6.07. The van der Waals surface area contributed by atoms with E-state index in [9.17, 15) is 9.90 Å². The first kappa shape index (κ1) is 14.4. The Labute approximate surface area is 126 Å². The third kappa shape index (κ3) is 2.91. The number of piperidine rings is 1. The second-order valence-corrected chi connectivity index (χ2v) is 6.33. The number of urea groups is 1. The van der Waals surface area contributed by atoms with Crippen LogP contribution in [0.15, 0.2) is 18.2 Å². The number of likely N-dealkylation sites (tertiary alicyclic amines) is 1. The Morgan fingerprint density at radius 2 is 2.14 bits per heavy atom. The Hall–Kier alpha value is -1.55. The van der Waals surface area contributed by atoms with E-state index in [1.165, 1.54) is 17.5 Å². The van der Waals surface area contributed by atoms with Gasteiger partial charge in [0, 0.05) is 12.2 Å². The van der Waals surface area contributed by atoms with E-state index in [2.05, 4.69) is 24.4 Å². The Kier molecular flexibility index (Phi) is 4.15. The smallest absolute Gasteiger partial charge is 0.322 e. The van der Waals surface area contributed by atoms with Crippen LogP contribution in [0.25, 0.3) is 0 Å². The predicted molar refractivity (Wildman–Crippen MR) is 83.5 cm³/mol. The summed E-state index contributed by atoms with van der Waals surface area (Å²) < 4.78 is 0. The van der Waals surface area contributed by atoms with Crippen LogP contribution in [0.4, 0.5) is 10.5 Å². The molecule has 1 heterocycles. The topological polar surface area (TPSA) is 52.6 Å². The molecule has 114 valence electrons. The molecule has 2 unspecified atom stereocenters. The fraction of sp³-hybridized carbons (Fsp3) is 0.588. The molecule has 1 aromatic rings. The van der Waals surface area contributed by atoms with Gasteiger partial charge in [-0.05, 0) is 61.3 Å². The summed E-state index contributed by atoms with van der Waals surface area (Å²) >= 11 is 0. The van der Waals surface area contributed by atoms with Gasteiger partial charge in [0.15, 0.2) is 0 Å². The SMILES string of the molecule is CC1CCCN(C(=O)Nc2ccc3c(c2)CCC3)C1CO. The Morgan fingerprint density at radius 3 is 2.95 bits per heavy atom. The predicted octanol–water partition coefficient (Wildman–Crippen LogP) is 2.80. The highest BCUT2D eigenvalue weighted by atomic mass is 16.3. The van der Waals surface area contributed by atoms with Crippen LogP contribution in [-0.4, -0.2) is 35.2 Å². The number of nitrogens with zero attached hydrogens (tertiary/aromatic N) is 1. The van der Waals surface area contributed by atoms with Crippen molar-refractivity contribution in [3.63, 3.8) is 0 Å². The van der Waals surface area contributed by atoms with Crippen LogP contribution in [0.1, 0.15) is 37.3 Å². The lowest BCUT2D eigenvalue weighted by Gasteiger charge is -2.38. The highest BCUT2D eigenvalue weighted by Gasteiger charge is 2.31. The standard InChI is InChI=1S/C17H24N2O2/c1-12-4-3-9-19(16(12)11-20)17(21)18-15-8-7-13-5-2-6-14(13)10-15/h7-8,10,12,16,20H,2-6,9,11H2,1H3,(H,18,21). The van der Waals surface area contributed by atoms with E-state index < -0.39 is 0 Å². The molecule has 0 saturated carbocycles. The van der Waals surface area contributed by atoms with Crippen molar-refractivity contribution in [1.82, 2.24) is 4.90 Å². The van der Waals surface area contributed by atoms with E-state index in [0.717, 1.165) is 37.9 Å². The van der Waals surface area contributed by atoms with Gasteiger partial charge in [0.2, 0.25) is 0 Å². The largest absolute Gasteiger partial charge is 0.394 e. The molecular formula is C17H24N2O2. The highest BCUT2D eigenvalue weighted by molar-refractivity contribution is 5.89. The molecule has 4 heteroatoms. The van der Waals surface area contributed by atoms with Crippen LogP contribution in [0.5, 0.6) is 0 Å². The Morgan fingerprint density at radius 1 is 1.33 bits per heavy atom. The second kappa shape index (κ2) is 6.06. The number of carbonyl (C=O) groups is 1. The fourth-order valence-electron chi connectivity index (χ4n) is 3.62. The summed E-state index contributed by atoms with van der Waals surface area (Å²) in [5, 5.41) is 12.6. The normalized spacial score (nSPS) is 24.8. The average Bonchev–Trinajstić information content (AvgIpc) is 2.94. The summed E-state index contributed by atoms with van der Waals surface area (Å²) in [5.41, 5.74) is 3.64. The van der Waals surface area contributed by atoms with Crippen LogP contribution in [0, 0.1) is 5.92 Å². The van der Waals surface area contributed by atoms with Crippen molar-refractivity contribution in [3.8, 4) is 0 Å². The number of aliphatic hydroxyl groups is 1. The fourth-order valence-corrected chi connectivity index (χ4v) is 3.62. The minimum atomic E-state index is -0.0847. The molecule has 1 fully saturated rings. The lowest BCUT2D eigenvalue weighted by atomic mass is 9.91. The van der Waals surface area contributed by atoms with Crippen LogP contribution < -0.4 is 5.32 Å². The first-order valence-corrected chi connectivity index (χ1v) is 7.99. The number of benzene rings is 1. The molecule has 21 heavy (non-hydrogen) atoms. The van der Waals surface area contributed by atoms with Gasteiger partial charge >= 0.3 is 6.03 Å². The van der Waals surface area contributed by atoms with Gasteiger partial charge in [-0.2, -0.15) is 0 Å². The minimum Gasteiger partial charge on any atom is -0.394 e. The van der Waals surface area contributed by atoms with Crippen LogP contribution in [-0.2, 0) is 12.8 Å². The van der Waals surface area contributed by atoms with Gasteiger partial charge in [-0.1, -0.05) is 13.0 Å². The number of amides is 2. The first-order valence-electron chi connectivity index (χ1n) is 7.99. The molecule has 0 spiro atoms. The summed E-state index contributed by atoms with van der Waals surface area (Å²) in [6.45, 7) is 2.88. The molecule has 2 aliphatic rings. The zero-order chi connectivity index (χ0) is 14.8. The summed E-state index contributed by atoms with van der Waals surface area (Å²) in [5.74, 6) is 0.356. The van der Waals surface area contributed by atoms with Gasteiger partial charge in [0.05, 0.1) is 12.6 Å². The minimum absolute atomic E-state index is 0.0405. The summed E-state index contributed by atoms with van der Waals surface area (Å²) in [6.07, 6.45) is 5.56. The van der Waals surface area contributed by atoms with Crippen molar-refractivity contribution >= 4 is 11.7 Å². The maximum atomic E-state index is 12.5. The number of hydrogen-bond donors (Lipinski definition) is 2. The highest BCUT2D eigenvalue weighted by Crippen LogP contribution is 2.27. The molecule has 0 radical (unpaired) electrons. The van der Waals surface area contributed by atoms with E-state index in [1.54, 1.807) is 4.90 Å². The maximum absolute atomic E-state index is 12.5. The molecule has 1 aliphatic carbocycles. The van der Waals surface area contributed by atoms with E-state index in [-0.39, 0.29) is 18.7 Å². The number of rotatable bonds is 2. The zero-order valence-electron chi connectivity index (χ0n) is 12.6. The van der Waals surface area contributed by atoms with Gasteiger partial charge in [0.1, 0.15) is 0 Å². The Bertz CT molecular complexity index is 530. The number of aryl methyl sites for hydroxylation is 2. The van der Waals surface area contributed by atoms with Gasteiger partial charge in [0.25, 0.3) is 0 Å². The van der Waals surface area contributed by atoms with Crippen LogP contribution >= 0.6 is 0 Å². The molecule has 1 saturated heterocycles. The number of anilines is 1. The van der Waals surface area contributed by atoms with Gasteiger partial charge in [-0.3, -0.25) is 0 Å². The molecule has 2 amide bonds. The maximum Gasteiger partial charge on any atom is 0.322 e. The van der Waals surface area contributed by atoms with E-state index >= 15 is 0 Å². The zero-order valence-corrected chi connectivity index (χ0v) is 12.6. The van der Waals surface area contributed by atoms with Gasteiger partial charge in [-0.25, -0.2) is 4.79 Å². The van der Waals surface area contributed by atoms with Gasteiger partial charge < -0.3 is 15.3 Å². The molecular weight excluding hydrogens is 264 g/mol. The molecule has 2 atom stereocenters. The summed E-state index contributed by atoms with van der Waals surface area (Å²) in [4.78, 5) is 14.3. The quantitative estimate of drug-likeness (QED) is 0.879. The third-order valence-corrected chi connectivity index (χ3v) is 4.91. The molecule has 0 aromatic heterocycles. The second-order valence-electron chi connectivity index (χ2n) is 6.33. The van der Waals surface area contributed by atoms with E-state index in [4.69, 9.17) is 0 Å². The van der Waals surface area contributed by atoms with Crippen LogP contribution in [0.2, 0.25) is 0 Å². The van der Waals surface area contributed by atoms with Crippen molar-refractivity contribution in [3.05, 3.63) is 29.3 Å². The van der Waals surface area contributed by atoms with E-state index in [0.29, 0.717) is 5.92 Å². The van der Waals surface area contributed by atoms with Crippen LogP contribution in [0.3, 0.4) is 0 Å². The molecule has 0 bridgehead atoms. The van der Waals surface area contributed by atoms with Crippen molar-refractivity contribution in [2.75, 3.05) is 18.5 Å². The molecule has 3 rings (SSSR count). The number of hydrogen-bond acceptors (Lipinski definition) is 2. The number of carbonyl (C=O) groups excluding carboxylic acids is 1. The monoisotopic (exact) mass is 288 g/mol. The third-order valence-electron chi connectivity index (χ3n) is 4.91. The molecule has 1 aliphatic heterocycles. The lowest BCUT2D eigenvalue weighted by Crippen LogP contribution is -2.51. The molecule has 4 nitrogen and oxygen atoms in total. The number of aliphatic hydroxyl groups excluding tert-OH is 1. The van der Waals surface area contributed by atoms with E-state index in [1.807, 2.05) is 6.07 Å². The molecule has 2 N–H and O–H groups in total. The van der Waals surface area contributed by atoms with Gasteiger partial charge in [-0.15, -0.1) is 0 Å². The molecule has 1 aromatic carbocycles. The first-order chi connectivity index (χ1) is 10.2.